The number of benzene rings is 2. The van der Waals surface area contributed by atoms with Crippen molar-refractivity contribution in [1.29, 1.82) is 0 Å². The SMILES string of the molecule is COc1cc([C@@H]2OCC3C2CO[C@H]3c2ccc(O[C@@H]3O[C@H](CO[C@@H]4O[C@H](CO)[C@@H](O)[C@H](O)[C@H]4O)[C@@H](O)[C@H](O)[C@H]3O)c(OC)c2)ccc1O. The van der Waals surface area contributed by atoms with E-state index in [1.165, 1.54) is 14.2 Å². The third kappa shape index (κ3) is 6.56. The molecule has 16 heteroatoms. The van der Waals surface area contributed by atoms with Crippen molar-refractivity contribution < 1.29 is 78.7 Å². The number of aliphatic hydroxyl groups excluding tert-OH is 7. The molecule has 0 spiro atoms. The maximum absolute atomic E-state index is 10.7. The molecule has 0 radical (unpaired) electrons. The van der Waals surface area contributed by atoms with Crippen molar-refractivity contribution in [3.8, 4) is 23.0 Å². The molecule has 0 amide bonds. The Bertz CT molecular complexity index is 1390. The van der Waals surface area contributed by atoms with Crippen LogP contribution in [0.1, 0.15) is 23.3 Å². The molecule has 4 aliphatic rings. The van der Waals surface area contributed by atoms with Gasteiger partial charge in [0.25, 0.3) is 0 Å². The van der Waals surface area contributed by atoms with Gasteiger partial charge in [-0.1, -0.05) is 12.1 Å². The fourth-order valence-electron chi connectivity index (χ4n) is 6.74. The highest BCUT2D eigenvalue weighted by atomic mass is 16.7. The molecule has 16 nitrogen and oxygen atoms in total. The summed E-state index contributed by atoms with van der Waals surface area (Å²) in [6, 6.07) is 10.3. The molecule has 14 atom stereocenters. The van der Waals surface area contributed by atoms with E-state index in [4.69, 9.17) is 37.9 Å². The van der Waals surface area contributed by atoms with Gasteiger partial charge in [-0.25, -0.2) is 0 Å². The minimum atomic E-state index is -1.72. The standard InChI is InChI=1S/C32H42O16/c1-41-19-7-13(3-5-17(19)34)29-15-10-44-30(16(15)11-43-29)14-4-6-18(20(8-14)42-2)46-32-28(40)26(38)24(36)22(48-32)12-45-31-27(39)25(37)23(35)21(9-33)47-31/h3-8,15-16,21-40H,9-12H2,1-2H3/t15?,16?,21-,22-,23-,24-,25+,26+,27-,28-,29+,30+,31-,32-/m1/s1. The lowest BCUT2D eigenvalue weighted by atomic mass is 9.85. The van der Waals surface area contributed by atoms with Crippen LogP contribution in [0.2, 0.25) is 0 Å². The summed E-state index contributed by atoms with van der Waals surface area (Å²) in [6.07, 6.45) is -16.1. The zero-order chi connectivity index (χ0) is 34.3. The van der Waals surface area contributed by atoms with Crippen molar-refractivity contribution in [2.24, 2.45) is 11.8 Å². The maximum Gasteiger partial charge on any atom is 0.229 e. The summed E-state index contributed by atoms with van der Waals surface area (Å²) < 4.78 is 45.7. The van der Waals surface area contributed by atoms with E-state index in [1.54, 1.807) is 36.4 Å². The molecule has 4 saturated heterocycles. The Morgan fingerprint density at radius 1 is 0.646 bits per heavy atom. The Morgan fingerprint density at radius 2 is 1.19 bits per heavy atom. The number of rotatable bonds is 10. The second-order valence-corrected chi connectivity index (χ2v) is 12.3. The Kier molecular flexibility index (Phi) is 10.6. The lowest BCUT2D eigenvalue weighted by Gasteiger charge is -2.42. The van der Waals surface area contributed by atoms with Crippen LogP contribution in [0.15, 0.2) is 36.4 Å². The first kappa shape index (κ1) is 35.0. The lowest BCUT2D eigenvalue weighted by Crippen LogP contribution is -2.62. The van der Waals surface area contributed by atoms with Crippen LogP contribution in [0.25, 0.3) is 0 Å². The number of hydrogen-bond donors (Lipinski definition) is 8. The molecule has 2 aromatic rings. The van der Waals surface area contributed by atoms with E-state index in [9.17, 15) is 40.9 Å². The fraction of sp³-hybridized carbons (Fsp3) is 0.625. The summed E-state index contributed by atoms with van der Waals surface area (Å²) in [5, 5.41) is 81.5. The number of phenols is 1. The largest absolute Gasteiger partial charge is 0.504 e. The number of fused-ring (bicyclic) bond motifs is 1. The molecule has 6 rings (SSSR count). The van der Waals surface area contributed by atoms with Crippen LogP contribution >= 0.6 is 0 Å². The van der Waals surface area contributed by atoms with E-state index >= 15 is 0 Å². The summed E-state index contributed by atoms with van der Waals surface area (Å²) in [4.78, 5) is 0. The van der Waals surface area contributed by atoms with Gasteiger partial charge in [-0.15, -0.1) is 0 Å². The number of hydrogen-bond acceptors (Lipinski definition) is 16. The highest BCUT2D eigenvalue weighted by Crippen LogP contribution is 2.51. The molecule has 8 N–H and O–H groups in total. The first-order chi connectivity index (χ1) is 23.1. The van der Waals surface area contributed by atoms with Gasteiger partial charge in [0.1, 0.15) is 48.8 Å². The molecular weight excluding hydrogens is 640 g/mol. The third-order valence-corrected chi connectivity index (χ3v) is 9.50. The van der Waals surface area contributed by atoms with Gasteiger partial charge in [-0.2, -0.15) is 0 Å². The molecule has 0 aliphatic carbocycles. The highest BCUT2D eigenvalue weighted by molar-refractivity contribution is 5.45. The highest BCUT2D eigenvalue weighted by Gasteiger charge is 2.50. The monoisotopic (exact) mass is 682 g/mol. The Morgan fingerprint density at radius 3 is 1.79 bits per heavy atom. The molecule has 0 bridgehead atoms. The number of aliphatic hydroxyl groups is 7. The molecular formula is C32H42O16. The van der Waals surface area contributed by atoms with E-state index in [-0.39, 0.29) is 41.3 Å². The zero-order valence-corrected chi connectivity index (χ0v) is 26.2. The maximum atomic E-state index is 10.7. The average molecular weight is 683 g/mol. The summed E-state index contributed by atoms with van der Waals surface area (Å²) in [6.45, 7) is -0.269. The number of methoxy groups -OCH3 is 2. The number of ether oxygens (including phenoxy) is 8. The quantitative estimate of drug-likeness (QED) is 0.142. The van der Waals surface area contributed by atoms with Crippen LogP contribution in [0.4, 0.5) is 0 Å². The van der Waals surface area contributed by atoms with E-state index in [1.807, 2.05) is 0 Å². The van der Waals surface area contributed by atoms with Crippen LogP contribution in [-0.4, -0.2) is 143 Å². The van der Waals surface area contributed by atoms with Crippen LogP contribution in [-0.2, 0) is 23.7 Å². The minimum absolute atomic E-state index is 0.0239. The fourth-order valence-corrected chi connectivity index (χ4v) is 6.74. The van der Waals surface area contributed by atoms with Crippen molar-refractivity contribution in [1.82, 2.24) is 0 Å². The average Bonchev–Trinajstić information content (AvgIpc) is 3.71. The van der Waals surface area contributed by atoms with E-state index in [2.05, 4.69) is 0 Å². The smallest absolute Gasteiger partial charge is 0.229 e. The first-order valence-electron chi connectivity index (χ1n) is 15.6. The summed E-state index contributed by atoms with van der Waals surface area (Å²) in [5.74, 6) is 0.914. The van der Waals surface area contributed by atoms with Gasteiger partial charge in [-0.3, -0.25) is 0 Å². The van der Waals surface area contributed by atoms with Gasteiger partial charge in [0.15, 0.2) is 29.3 Å². The summed E-state index contributed by atoms with van der Waals surface area (Å²) in [5.41, 5.74) is 1.67. The van der Waals surface area contributed by atoms with E-state index < -0.39 is 74.6 Å². The Balaban J connectivity index is 1.12. The normalized spacial score (nSPS) is 39.6. The van der Waals surface area contributed by atoms with Crippen LogP contribution in [0.3, 0.4) is 0 Å². The third-order valence-electron chi connectivity index (χ3n) is 9.50. The molecule has 2 aromatic carbocycles. The van der Waals surface area contributed by atoms with Crippen LogP contribution < -0.4 is 14.2 Å². The van der Waals surface area contributed by atoms with Crippen molar-refractivity contribution >= 4 is 0 Å². The first-order valence-corrected chi connectivity index (χ1v) is 15.6. The van der Waals surface area contributed by atoms with Crippen LogP contribution in [0.5, 0.6) is 23.0 Å². The van der Waals surface area contributed by atoms with Gasteiger partial charge in [-0.05, 0) is 35.4 Å². The second-order valence-electron chi connectivity index (χ2n) is 12.3. The molecule has 4 aliphatic heterocycles. The summed E-state index contributed by atoms with van der Waals surface area (Å²) in [7, 11) is 2.92. The molecule has 4 fully saturated rings. The number of aromatic hydroxyl groups is 1. The van der Waals surface area contributed by atoms with Gasteiger partial charge in [0.05, 0.1) is 52.9 Å². The van der Waals surface area contributed by atoms with E-state index in [0.717, 1.165) is 11.1 Å². The van der Waals surface area contributed by atoms with Gasteiger partial charge in [0.2, 0.25) is 6.29 Å². The van der Waals surface area contributed by atoms with Gasteiger partial charge < -0.3 is 78.7 Å². The Labute approximate surface area is 275 Å². The predicted molar refractivity (Wildman–Crippen MR) is 159 cm³/mol. The molecule has 266 valence electrons. The topological polar surface area (TPSA) is 236 Å². The molecule has 4 heterocycles. The minimum Gasteiger partial charge on any atom is -0.504 e. The van der Waals surface area contributed by atoms with Crippen LogP contribution in [0, 0.1) is 11.8 Å². The predicted octanol–water partition coefficient (Wildman–Crippen LogP) is -1.51. The van der Waals surface area contributed by atoms with Crippen molar-refractivity contribution in [3.63, 3.8) is 0 Å². The Hall–Kier alpha value is -2.84. The van der Waals surface area contributed by atoms with Crippen molar-refractivity contribution in [2.75, 3.05) is 40.6 Å². The molecule has 0 saturated carbocycles. The molecule has 2 unspecified atom stereocenters. The van der Waals surface area contributed by atoms with Crippen molar-refractivity contribution in [3.05, 3.63) is 47.5 Å². The number of phenolic OH excluding ortho intramolecular Hbond substituents is 1. The zero-order valence-electron chi connectivity index (χ0n) is 26.2. The molecule has 48 heavy (non-hydrogen) atoms. The second kappa shape index (κ2) is 14.6. The van der Waals surface area contributed by atoms with Gasteiger partial charge >= 0.3 is 0 Å². The molecule has 0 aromatic heterocycles. The summed E-state index contributed by atoms with van der Waals surface area (Å²) >= 11 is 0. The van der Waals surface area contributed by atoms with Gasteiger partial charge in [0, 0.05) is 11.8 Å². The van der Waals surface area contributed by atoms with Crippen molar-refractivity contribution in [2.45, 2.75) is 73.6 Å². The lowest BCUT2D eigenvalue weighted by molar-refractivity contribution is -0.323. The van der Waals surface area contributed by atoms with E-state index in [0.29, 0.717) is 19.0 Å².